The standard InChI is InChI=1S/C12H12ClNO2/c13-10-6-7-11(12(8-10)14(15)16)9-4-2-1-3-5-9/h1-6,11-12H,7-8H2. The third kappa shape index (κ3) is 2.25. The van der Waals surface area contributed by atoms with Gasteiger partial charge in [-0.1, -0.05) is 48.0 Å². The lowest BCUT2D eigenvalue weighted by Gasteiger charge is -2.23. The van der Waals surface area contributed by atoms with Crippen LogP contribution in [0.15, 0.2) is 41.4 Å². The van der Waals surface area contributed by atoms with Crippen molar-refractivity contribution in [3.63, 3.8) is 0 Å². The second-order valence-electron chi connectivity index (χ2n) is 3.96. The molecule has 0 saturated heterocycles. The molecular weight excluding hydrogens is 226 g/mol. The zero-order chi connectivity index (χ0) is 11.5. The highest BCUT2D eigenvalue weighted by molar-refractivity contribution is 6.29. The molecule has 0 N–H and O–H groups in total. The summed E-state index contributed by atoms with van der Waals surface area (Å²) in [5.74, 6) is -0.0568. The Morgan fingerprint density at radius 3 is 2.62 bits per heavy atom. The van der Waals surface area contributed by atoms with Gasteiger partial charge in [0, 0.05) is 9.96 Å². The van der Waals surface area contributed by atoms with Crippen molar-refractivity contribution in [1.82, 2.24) is 0 Å². The Morgan fingerprint density at radius 2 is 2.00 bits per heavy atom. The van der Waals surface area contributed by atoms with Crippen LogP contribution in [0.2, 0.25) is 0 Å². The van der Waals surface area contributed by atoms with Crippen molar-refractivity contribution in [2.24, 2.45) is 0 Å². The number of rotatable bonds is 2. The first kappa shape index (κ1) is 11.1. The van der Waals surface area contributed by atoms with Crippen molar-refractivity contribution in [3.8, 4) is 0 Å². The van der Waals surface area contributed by atoms with Crippen LogP contribution < -0.4 is 0 Å². The van der Waals surface area contributed by atoms with Crippen LogP contribution in [0.4, 0.5) is 0 Å². The summed E-state index contributed by atoms with van der Waals surface area (Å²) in [6, 6.07) is 9.01. The first-order valence-electron chi connectivity index (χ1n) is 5.21. The molecule has 4 heteroatoms. The molecule has 3 nitrogen and oxygen atoms in total. The van der Waals surface area contributed by atoms with E-state index in [0.29, 0.717) is 17.9 Å². The summed E-state index contributed by atoms with van der Waals surface area (Å²) in [5.41, 5.74) is 1.02. The van der Waals surface area contributed by atoms with Gasteiger partial charge in [-0.15, -0.1) is 0 Å². The predicted molar refractivity (Wildman–Crippen MR) is 63.1 cm³/mol. The molecule has 1 aromatic rings. The number of allylic oxidation sites excluding steroid dienone is 1. The molecule has 1 aliphatic carbocycles. The van der Waals surface area contributed by atoms with Crippen molar-refractivity contribution >= 4 is 11.6 Å². The fourth-order valence-electron chi connectivity index (χ4n) is 2.12. The minimum atomic E-state index is -0.597. The predicted octanol–water partition coefficient (Wildman–Crippen LogP) is 3.33. The van der Waals surface area contributed by atoms with Gasteiger partial charge in [0.25, 0.3) is 0 Å². The summed E-state index contributed by atoms with van der Waals surface area (Å²) in [5, 5.41) is 11.6. The SMILES string of the molecule is O=[N+]([O-])C1CC(Cl)=CCC1c1ccccc1. The summed E-state index contributed by atoms with van der Waals surface area (Å²) in [7, 11) is 0. The number of benzene rings is 1. The molecule has 16 heavy (non-hydrogen) atoms. The van der Waals surface area contributed by atoms with E-state index in [2.05, 4.69) is 0 Å². The highest BCUT2D eigenvalue weighted by Crippen LogP contribution is 2.35. The molecule has 1 aliphatic rings. The molecule has 0 heterocycles. The van der Waals surface area contributed by atoms with Crippen molar-refractivity contribution in [2.75, 3.05) is 0 Å². The minimum absolute atomic E-state index is 0.0568. The van der Waals surface area contributed by atoms with Gasteiger partial charge < -0.3 is 0 Å². The van der Waals surface area contributed by atoms with Gasteiger partial charge in [-0.2, -0.15) is 0 Å². The molecule has 0 saturated carbocycles. The third-order valence-electron chi connectivity index (χ3n) is 2.96. The molecule has 0 amide bonds. The van der Waals surface area contributed by atoms with Crippen LogP contribution >= 0.6 is 11.6 Å². The Morgan fingerprint density at radius 1 is 1.31 bits per heavy atom. The van der Waals surface area contributed by atoms with Crippen LogP contribution in [0.3, 0.4) is 0 Å². The fraction of sp³-hybridized carbons (Fsp3) is 0.333. The van der Waals surface area contributed by atoms with Crippen LogP contribution in [-0.2, 0) is 0 Å². The average molecular weight is 238 g/mol. The maximum Gasteiger partial charge on any atom is 0.225 e. The first-order valence-corrected chi connectivity index (χ1v) is 5.59. The van der Waals surface area contributed by atoms with Gasteiger partial charge in [-0.3, -0.25) is 10.1 Å². The number of halogens is 1. The van der Waals surface area contributed by atoms with Gasteiger partial charge in [-0.25, -0.2) is 0 Å². The maximum atomic E-state index is 11.0. The van der Waals surface area contributed by atoms with E-state index in [1.165, 1.54) is 0 Å². The van der Waals surface area contributed by atoms with E-state index in [9.17, 15) is 10.1 Å². The Bertz CT molecular complexity index is 416. The molecule has 2 unspecified atom stereocenters. The van der Waals surface area contributed by atoms with Crippen molar-refractivity contribution in [3.05, 3.63) is 57.1 Å². The number of nitro groups is 1. The molecule has 2 atom stereocenters. The second-order valence-corrected chi connectivity index (χ2v) is 4.45. The first-order chi connectivity index (χ1) is 7.68. The van der Waals surface area contributed by atoms with E-state index < -0.39 is 6.04 Å². The maximum absolute atomic E-state index is 11.0. The zero-order valence-electron chi connectivity index (χ0n) is 8.67. The van der Waals surface area contributed by atoms with E-state index in [1.807, 2.05) is 36.4 Å². The van der Waals surface area contributed by atoms with E-state index in [4.69, 9.17) is 11.6 Å². The molecule has 1 aromatic carbocycles. The molecule has 0 bridgehead atoms. The zero-order valence-corrected chi connectivity index (χ0v) is 9.43. The highest BCUT2D eigenvalue weighted by atomic mass is 35.5. The molecular formula is C12H12ClNO2. The lowest BCUT2D eigenvalue weighted by molar-refractivity contribution is -0.526. The fourth-order valence-corrected chi connectivity index (χ4v) is 2.36. The molecule has 0 fully saturated rings. The average Bonchev–Trinajstić information content (AvgIpc) is 2.30. The highest BCUT2D eigenvalue weighted by Gasteiger charge is 2.35. The van der Waals surface area contributed by atoms with Gasteiger partial charge in [0.2, 0.25) is 6.04 Å². The minimum Gasteiger partial charge on any atom is -0.264 e. The van der Waals surface area contributed by atoms with Crippen LogP contribution in [0.5, 0.6) is 0 Å². The summed E-state index contributed by atoms with van der Waals surface area (Å²) >= 11 is 5.86. The number of hydrogen-bond acceptors (Lipinski definition) is 2. The Labute approximate surface area is 98.9 Å². The van der Waals surface area contributed by atoms with E-state index in [0.717, 1.165) is 5.56 Å². The second kappa shape index (κ2) is 4.66. The van der Waals surface area contributed by atoms with Crippen LogP contribution in [-0.4, -0.2) is 11.0 Å². The van der Waals surface area contributed by atoms with E-state index >= 15 is 0 Å². The largest absolute Gasteiger partial charge is 0.264 e. The van der Waals surface area contributed by atoms with Gasteiger partial charge in [0.05, 0.1) is 12.3 Å². The van der Waals surface area contributed by atoms with Crippen molar-refractivity contribution in [2.45, 2.75) is 24.8 Å². The van der Waals surface area contributed by atoms with Crippen LogP contribution in [0.25, 0.3) is 0 Å². The van der Waals surface area contributed by atoms with Gasteiger partial charge in [-0.05, 0) is 12.0 Å². The van der Waals surface area contributed by atoms with Gasteiger partial charge in [0.1, 0.15) is 0 Å². The van der Waals surface area contributed by atoms with Crippen molar-refractivity contribution < 1.29 is 4.92 Å². The molecule has 0 aromatic heterocycles. The number of nitrogens with zero attached hydrogens (tertiary/aromatic N) is 1. The van der Waals surface area contributed by atoms with Gasteiger partial charge >= 0.3 is 0 Å². The summed E-state index contributed by atoms with van der Waals surface area (Å²) in [4.78, 5) is 10.8. The molecule has 84 valence electrons. The molecule has 0 aliphatic heterocycles. The van der Waals surface area contributed by atoms with Gasteiger partial charge in [0.15, 0.2) is 0 Å². The topological polar surface area (TPSA) is 43.1 Å². The summed E-state index contributed by atoms with van der Waals surface area (Å²) in [6.07, 6.45) is 2.88. The third-order valence-corrected chi connectivity index (χ3v) is 3.27. The Kier molecular flexibility index (Phi) is 3.25. The number of hydrogen-bond donors (Lipinski definition) is 0. The molecule has 2 rings (SSSR count). The lowest BCUT2D eigenvalue weighted by atomic mass is 9.84. The van der Waals surface area contributed by atoms with E-state index in [1.54, 1.807) is 0 Å². The molecule has 0 spiro atoms. The summed E-state index contributed by atoms with van der Waals surface area (Å²) < 4.78 is 0. The quantitative estimate of drug-likeness (QED) is 0.585. The van der Waals surface area contributed by atoms with Crippen LogP contribution in [0.1, 0.15) is 24.3 Å². The van der Waals surface area contributed by atoms with E-state index in [-0.39, 0.29) is 10.8 Å². The van der Waals surface area contributed by atoms with Crippen LogP contribution in [0, 0.1) is 10.1 Å². The monoisotopic (exact) mass is 237 g/mol. The lowest BCUT2D eigenvalue weighted by Crippen LogP contribution is -2.29. The smallest absolute Gasteiger partial charge is 0.225 e. The summed E-state index contributed by atoms with van der Waals surface area (Å²) in [6.45, 7) is 0. The molecule has 0 radical (unpaired) electrons. The Balaban J connectivity index is 2.29. The normalized spacial score (nSPS) is 24.9. The Hall–Kier alpha value is -1.35. The van der Waals surface area contributed by atoms with Crippen molar-refractivity contribution in [1.29, 1.82) is 0 Å².